The van der Waals surface area contributed by atoms with Crippen LogP contribution in [0.2, 0.25) is 0 Å². The normalized spacial score (nSPS) is 15.5. The number of benzene rings is 2. The minimum absolute atomic E-state index is 0.0129. The number of carbonyl (C=O) groups excluding carboxylic acids is 3. The van der Waals surface area contributed by atoms with Crippen LogP contribution >= 0.6 is 27.3 Å². The molecule has 48 heavy (non-hydrogen) atoms. The van der Waals surface area contributed by atoms with Crippen molar-refractivity contribution >= 4 is 62.6 Å². The molecule has 2 aromatic heterocycles. The smallest absolute Gasteiger partial charge is 0.421 e. The van der Waals surface area contributed by atoms with E-state index in [1.807, 2.05) is 17.5 Å². The fourth-order valence-corrected chi connectivity index (χ4v) is 5.98. The van der Waals surface area contributed by atoms with Gasteiger partial charge in [-0.1, -0.05) is 22.0 Å². The number of rotatable bonds is 3. The number of fused-ring (bicyclic) bond motifs is 1. The molecule has 1 aliphatic rings. The van der Waals surface area contributed by atoms with E-state index in [-0.39, 0.29) is 34.9 Å². The van der Waals surface area contributed by atoms with E-state index < -0.39 is 46.8 Å². The summed E-state index contributed by atoms with van der Waals surface area (Å²) in [5.41, 5.74) is -1.39. The van der Waals surface area contributed by atoms with E-state index >= 15 is 4.39 Å². The Morgan fingerprint density at radius 1 is 1.15 bits per heavy atom. The summed E-state index contributed by atoms with van der Waals surface area (Å²) in [7, 11) is 0. The van der Waals surface area contributed by atoms with Gasteiger partial charge in [-0.25, -0.2) is 27.8 Å². The Bertz CT molecular complexity index is 1950. The van der Waals surface area contributed by atoms with Crippen molar-refractivity contribution in [3.63, 3.8) is 0 Å². The van der Waals surface area contributed by atoms with Gasteiger partial charge in [0.2, 0.25) is 5.91 Å². The summed E-state index contributed by atoms with van der Waals surface area (Å²) in [6.45, 7) is 7.65. The maximum absolute atomic E-state index is 15.1. The number of amides is 3. The summed E-state index contributed by atoms with van der Waals surface area (Å²) in [5, 5.41) is 23.1. The predicted octanol–water partition coefficient (Wildman–Crippen LogP) is 7.86. The molecule has 1 aliphatic heterocycles. The van der Waals surface area contributed by atoms with E-state index in [1.165, 1.54) is 42.5 Å². The maximum atomic E-state index is 15.1. The van der Waals surface area contributed by atoms with Gasteiger partial charge < -0.3 is 19.9 Å². The van der Waals surface area contributed by atoms with Crippen LogP contribution in [-0.4, -0.2) is 45.9 Å². The number of hydrogen-bond donors (Lipinski definition) is 2. The van der Waals surface area contributed by atoms with E-state index in [0.29, 0.717) is 14.9 Å². The number of hydrogen-bond acceptors (Lipinski definition) is 8. The Morgan fingerprint density at radius 3 is 2.42 bits per heavy atom. The van der Waals surface area contributed by atoms with Gasteiger partial charge in [-0.05, 0) is 81.6 Å². The summed E-state index contributed by atoms with van der Waals surface area (Å²) in [6, 6.07) is 15.0. The first-order valence-electron chi connectivity index (χ1n) is 14.1. The number of nitriles is 1. The highest BCUT2D eigenvalue weighted by atomic mass is 79.9. The number of ether oxygens (including phenoxy) is 2. The summed E-state index contributed by atoms with van der Waals surface area (Å²) >= 11 is 4.51. The number of carbonyl (C=O) groups is 4. The van der Waals surface area contributed by atoms with Crippen LogP contribution in [-0.2, 0) is 24.7 Å². The van der Waals surface area contributed by atoms with Gasteiger partial charge in [0.15, 0.2) is 0 Å². The second kappa shape index (κ2) is 14.1. The topological polar surface area (TPSA) is 151 Å². The Morgan fingerprint density at radius 2 is 1.85 bits per heavy atom. The summed E-state index contributed by atoms with van der Waals surface area (Å²) in [5.74, 6) is -2.51. The molecule has 250 valence electrons. The number of thiophene rings is 1. The number of imide groups is 1. The largest absolute Gasteiger partial charge is 0.464 e. The summed E-state index contributed by atoms with van der Waals surface area (Å²) in [6.07, 6.45) is -2.26. The summed E-state index contributed by atoms with van der Waals surface area (Å²) in [4.78, 5) is 48.7. The zero-order valence-electron chi connectivity index (χ0n) is 26.3. The zero-order chi connectivity index (χ0) is 35.6. The van der Waals surface area contributed by atoms with Gasteiger partial charge in [-0.2, -0.15) is 5.26 Å². The molecule has 0 radical (unpaired) electrons. The van der Waals surface area contributed by atoms with Crippen molar-refractivity contribution in [3.8, 4) is 17.3 Å². The van der Waals surface area contributed by atoms with Gasteiger partial charge in [0.05, 0.1) is 17.1 Å². The van der Waals surface area contributed by atoms with E-state index in [9.17, 15) is 33.9 Å². The average molecular weight is 744 g/mol. The van der Waals surface area contributed by atoms with Crippen LogP contribution in [0.15, 0.2) is 64.5 Å². The van der Waals surface area contributed by atoms with Gasteiger partial charge >= 0.3 is 12.2 Å². The Hall–Kier alpha value is -4.91. The number of anilines is 2. The van der Waals surface area contributed by atoms with Crippen LogP contribution in [0.1, 0.15) is 50.8 Å². The molecular weight excluding hydrogens is 714 g/mol. The second-order valence-electron chi connectivity index (χ2n) is 11.5. The van der Waals surface area contributed by atoms with Crippen molar-refractivity contribution in [2.45, 2.75) is 45.8 Å². The Balaban J connectivity index is 0.000000239. The molecule has 3 amide bonds. The molecule has 0 saturated carbocycles. The average Bonchev–Trinajstić information content (AvgIpc) is 3.66. The van der Waals surface area contributed by atoms with Crippen LogP contribution in [0.5, 0.6) is 0 Å². The molecule has 2 aromatic carbocycles. The Labute approximate surface area is 286 Å². The molecule has 0 bridgehead atoms. The first-order valence-corrected chi connectivity index (χ1v) is 15.8. The third-order valence-electron chi connectivity index (χ3n) is 6.88. The van der Waals surface area contributed by atoms with E-state index in [2.05, 4.69) is 21.2 Å². The molecule has 0 aliphatic carbocycles. The molecule has 0 fully saturated rings. The number of halogens is 3. The van der Waals surface area contributed by atoms with Crippen molar-refractivity contribution in [3.05, 3.63) is 92.2 Å². The highest BCUT2D eigenvalue weighted by Crippen LogP contribution is 2.44. The molecule has 15 heteroatoms. The summed E-state index contributed by atoms with van der Waals surface area (Å²) < 4.78 is 41.2. The van der Waals surface area contributed by atoms with Crippen LogP contribution in [0.3, 0.4) is 0 Å². The highest BCUT2D eigenvalue weighted by molar-refractivity contribution is 9.10. The van der Waals surface area contributed by atoms with Crippen LogP contribution < -0.4 is 10.2 Å². The van der Waals surface area contributed by atoms with Gasteiger partial charge in [0, 0.05) is 27.4 Å². The quantitative estimate of drug-likeness (QED) is 0.215. The molecule has 3 heterocycles. The van der Waals surface area contributed by atoms with Crippen molar-refractivity contribution < 1.29 is 42.5 Å². The lowest BCUT2D eigenvalue weighted by atomic mass is 9.90. The minimum Gasteiger partial charge on any atom is -0.464 e. The molecule has 5 rings (SSSR count). The molecule has 2 N–H and O–H groups in total. The molecule has 1 unspecified atom stereocenters. The standard InChI is InChI=1S/C20H14FN3O4S.C13H15BrFNO3/c1-20(16-3-2-6-29-16)13-7-11(8-14(21)18(13)23-17(25)10-28-20)15-5-4-12(9-22)24(15)19(26)27;1-8(17)16(12(18)19-13(2,3)4)11-6-5-9(14)7-10(11)15/h2-8H,10H2,1H3,(H,23,25)(H,26,27);5-7H,1-4H3. The third-order valence-corrected chi connectivity index (χ3v) is 8.44. The lowest BCUT2D eigenvalue weighted by molar-refractivity contribution is -0.124. The molecule has 11 nitrogen and oxygen atoms in total. The monoisotopic (exact) mass is 742 g/mol. The highest BCUT2D eigenvalue weighted by Gasteiger charge is 2.39. The third kappa shape index (κ3) is 7.62. The van der Waals surface area contributed by atoms with Gasteiger partial charge in [-0.15, -0.1) is 11.3 Å². The fourth-order valence-electron chi connectivity index (χ4n) is 4.80. The Kier molecular flexibility index (Phi) is 10.5. The van der Waals surface area contributed by atoms with E-state index in [1.54, 1.807) is 45.9 Å². The van der Waals surface area contributed by atoms with Gasteiger partial charge in [0.25, 0.3) is 5.91 Å². The number of nitrogens with zero attached hydrogens (tertiary/aromatic N) is 3. The van der Waals surface area contributed by atoms with Gasteiger partial charge in [-0.3, -0.25) is 9.59 Å². The number of aromatic nitrogens is 1. The SMILES string of the molecule is CC(=O)N(C(=O)OC(C)(C)C)c1ccc(Br)cc1F.CC1(c2cccs2)OCC(=O)Nc2c(F)cc(-c3ccc(C#N)n3C(=O)O)cc21. The van der Waals surface area contributed by atoms with Crippen molar-refractivity contribution in [1.82, 2.24) is 4.57 Å². The van der Waals surface area contributed by atoms with Gasteiger partial charge in [0.1, 0.15) is 41.2 Å². The zero-order valence-corrected chi connectivity index (χ0v) is 28.7. The number of carboxylic acid groups (broad SMARTS) is 1. The van der Waals surface area contributed by atoms with Crippen LogP contribution in [0, 0.1) is 23.0 Å². The van der Waals surface area contributed by atoms with Crippen molar-refractivity contribution in [2.75, 3.05) is 16.8 Å². The lowest BCUT2D eigenvalue weighted by Crippen LogP contribution is -2.40. The second-order valence-corrected chi connectivity index (χ2v) is 13.4. The molecule has 1 atom stereocenters. The van der Waals surface area contributed by atoms with E-state index in [4.69, 9.17) is 9.47 Å². The minimum atomic E-state index is -1.36. The first kappa shape index (κ1) is 35.9. The molecule has 4 aromatic rings. The van der Waals surface area contributed by atoms with Crippen molar-refractivity contribution in [2.24, 2.45) is 0 Å². The number of nitrogens with one attached hydrogen (secondary N) is 1. The van der Waals surface area contributed by atoms with Crippen molar-refractivity contribution in [1.29, 1.82) is 5.26 Å². The molecule has 0 spiro atoms. The predicted molar refractivity (Wildman–Crippen MR) is 177 cm³/mol. The first-order chi connectivity index (χ1) is 22.5. The fraction of sp³-hybridized carbons (Fsp3) is 0.242. The molecule has 0 saturated heterocycles. The van der Waals surface area contributed by atoms with Crippen LogP contribution in [0.25, 0.3) is 11.3 Å². The van der Waals surface area contributed by atoms with E-state index in [0.717, 1.165) is 15.5 Å². The lowest BCUT2D eigenvalue weighted by Gasteiger charge is -2.29. The van der Waals surface area contributed by atoms with Crippen LogP contribution in [0.4, 0.5) is 29.7 Å². The maximum Gasteiger partial charge on any atom is 0.421 e. The molecular formula is C33H29BrF2N4O7S.